The molecular weight excluding hydrogens is 322 g/mol. The maximum atomic E-state index is 12.4. The number of nitrogens with one attached hydrogen (secondary N) is 3. The summed E-state index contributed by atoms with van der Waals surface area (Å²) in [5.74, 6) is 0.821. The third-order valence-corrected chi connectivity index (χ3v) is 4.90. The molecular formula is C18H25N3O4. The lowest BCUT2D eigenvalue weighted by molar-refractivity contribution is -0.129. The average molecular weight is 347 g/mol. The molecule has 3 rings (SSSR count). The van der Waals surface area contributed by atoms with E-state index in [1.165, 1.54) is 7.11 Å². The lowest BCUT2D eigenvalue weighted by Gasteiger charge is -2.40. The Labute approximate surface area is 147 Å². The van der Waals surface area contributed by atoms with Crippen LogP contribution in [0.25, 0.3) is 0 Å². The van der Waals surface area contributed by atoms with E-state index < -0.39 is 6.04 Å². The second-order valence-electron chi connectivity index (χ2n) is 6.54. The van der Waals surface area contributed by atoms with Crippen LogP contribution in [0.15, 0.2) is 18.2 Å². The molecule has 0 radical (unpaired) electrons. The van der Waals surface area contributed by atoms with Gasteiger partial charge in [-0.05, 0) is 25.0 Å². The summed E-state index contributed by atoms with van der Waals surface area (Å²) >= 11 is 0. The van der Waals surface area contributed by atoms with Crippen LogP contribution in [0.3, 0.4) is 0 Å². The van der Waals surface area contributed by atoms with Gasteiger partial charge in [0, 0.05) is 18.2 Å². The van der Waals surface area contributed by atoms with Gasteiger partial charge >= 0.3 is 0 Å². The summed E-state index contributed by atoms with van der Waals surface area (Å²) in [6, 6.07) is 5.13. The fourth-order valence-corrected chi connectivity index (χ4v) is 3.57. The zero-order valence-corrected chi connectivity index (χ0v) is 14.6. The highest BCUT2D eigenvalue weighted by Crippen LogP contribution is 2.29. The highest BCUT2D eigenvalue weighted by atomic mass is 16.5. The number of ether oxygens (including phenoxy) is 2. The molecule has 0 aromatic heterocycles. The van der Waals surface area contributed by atoms with Gasteiger partial charge in [-0.1, -0.05) is 12.8 Å². The topological polar surface area (TPSA) is 88.7 Å². The molecule has 136 valence electrons. The minimum atomic E-state index is -0.504. The third-order valence-electron chi connectivity index (χ3n) is 4.90. The lowest BCUT2D eigenvalue weighted by Crippen LogP contribution is -2.65. The predicted molar refractivity (Wildman–Crippen MR) is 93.9 cm³/mol. The van der Waals surface area contributed by atoms with Crippen LogP contribution < -0.4 is 25.4 Å². The van der Waals surface area contributed by atoms with Crippen molar-refractivity contribution in [2.75, 3.05) is 19.5 Å². The number of carbonyl (C=O) groups is 2. The normalized spacial score (nSPS) is 25.5. The molecule has 1 aliphatic carbocycles. The minimum absolute atomic E-state index is 0.0788. The van der Waals surface area contributed by atoms with E-state index in [2.05, 4.69) is 16.0 Å². The van der Waals surface area contributed by atoms with Crippen LogP contribution in [-0.2, 0) is 9.59 Å². The second-order valence-corrected chi connectivity index (χ2v) is 6.54. The van der Waals surface area contributed by atoms with Gasteiger partial charge in [0.1, 0.15) is 11.5 Å². The maximum absolute atomic E-state index is 12.4. The molecule has 3 atom stereocenters. The number of methoxy groups -OCH3 is 2. The van der Waals surface area contributed by atoms with E-state index in [-0.39, 0.29) is 30.3 Å². The summed E-state index contributed by atoms with van der Waals surface area (Å²) in [5, 5.41) is 9.21. The van der Waals surface area contributed by atoms with E-state index in [9.17, 15) is 9.59 Å². The van der Waals surface area contributed by atoms with Crippen LogP contribution in [0.1, 0.15) is 32.1 Å². The van der Waals surface area contributed by atoms with Crippen LogP contribution >= 0.6 is 0 Å². The lowest BCUT2D eigenvalue weighted by atomic mass is 9.87. The molecule has 3 N–H and O–H groups in total. The first-order valence-corrected chi connectivity index (χ1v) is 8.69. The Morgan fingerprint density at radius 1 is 1.20 bits per heavy atom. The van der Waals surface area contributed by atoms with Crippen molar-refractivity contribution in [3.8, 4) is 11.5 Å². The van der Waals surface area contributed by atoms with Crippen LogP contribution in [0.5, 0.6) is 11.5 Å². The van der Waals surface area contributed by atoms with Crippen molar-refractivity contribution in [3.63, 3.8) is 0 Å². The van der Waals surface area contributed by atoms with E-state index in [1.54, 1.807) is 25.3 Å². The van der Waals surface area contributed by atoms with Gasteiger partial charge in [-0.2, -0.15) is 0 Å². The highest BCUT2D eigenvalue weighted by molar-refractivity contribution is 5.96. The predicted octanol–water partition coefficient (Wildman–Crippen LogP) is 1.43. The van der Waals surface area contributed by atoms with Gasteiger partial charge in [0.2, 0.25) is 11.8 Å². The van der Waals surface area contributed by atoms with Gasteiger partial charge in [-0.25, -0.2) is 0 Å². The van der Waals surface area contributed by atoms with Crippen LogP contribution in [0, 0.1) is 0 Å². The molecule has 1 heterocycles. The number of piperazine rings is 1. The maximum Gasteiger partial charge on any atom is 0.237 e. The standard InChI is InChI=1S/C18H25N3O4/c1-24-11-7-8-16(25-2)14(9-11)20-17(22)10-15-18(23)21-13-6-4-3-5-12(13)19-15/h7-9,12-13,15,19H,3-6,10H2,1-2H3,(H,20,22)(H,21,23)/t12-,13-,15-/m0/s1. The summed E-state index contributed by atoms with van der Waals surface area (Å²) in [6.45, 7) is 0. The molecule has 0 bridgehead atoms. The van der Waals surface area contributed by atoms with Gasteiger partial charge in [0.15, 0.2) is 0 Å². The first-order valence-electron chi connectivity index (χ1n) is 8.69. The molecule has 2 aliphatic rings. The van der Waals surface area contributed by atoms with E-state index in [0.29, 0.717) is 17.2 Å². The Bertz CT molecular complexity index is 649. The monoisotopic (exact) mass is 347 g/mol. The van der Waals surface area contributed by atoms with Crippen molar-refractivity contribution in [3.05, 3.63) is 18.2 Å². The van der Waals surface area contributed by atoms with Crippen LogP contribution in [0.4, 0.5) is 5.69 Å². The molecule has 25 heavy (non-hydrogen) atoms. The SMILES string of the molecule is COc1ccc(OC)c(NC(=O)C[C@@H]2N[C@H]3CCCC[C@@H]3NC2=O)c1. The van der Waals surface area contributed by atoms with Gasteiger partial charge in [-0.3, -0.25) is 9.59 Å². The van der Waals surface area contributed by atoms with Crippen LogP contribution in [-0.4, -0.2) is 44.2 Å². The van der Waals surface area contributed by atoms with E-state index in [4.69, 9.17) is 9.47 Å². The smallest absolute Gasteiger partial charge is 0.237 e. The molecule has 0 unspecified atom stereocenters. The first-order chi connectivity index (χ1) is 12.1. The Balaban J connectivity index is 1.63. The van der Waals surface area contributed by atoms with Crippen molar-refractivity contribution in [1.82, 2.24) is 10.6 Å². The van der Waals surface area contributed by atoms with Crippen molar-refractivity contribution in [1.29, 1.82) is 0 Å². The number of rotatable bonds is 5. The Morgan fingerprint density at radius 2 is 1.96 bits per heavy atom. The number of hydrogen-bond acceptors (Lipinski definition) is 5. The van der Waals surface area contributed by atoms with Gasteiger partial charge in [0.05, 0.1) is 32.4 Å². The van der Waals surface area contributed by atoms with Gasteiger partial charge < -0.3 is 25.4 Å². The molecule has 1 saturated heterocycles. The number of anilines is 1. The van der Waals surface area contributed by atoms with Crippen LogP contribution in [0.2, 0.25) is 0 Å². The third kappa shape index (κ3) is 4.04. The number of amides is 2. The first kappa shape index (κ1) is 17.5. The van der Waals surface area contributed by atoms with Gasteiger partial charge in [-0.15, -0.1) is 0 Å². The zero-order valence-electron chi connectivity index (χ0n) is 14.6. The molecule has 1 aliphatic heterocycles. The minimum Gasteiger partial charge on any atom is -0.497 e. The molecule has 0 spiro atoms. The summed E-state index contributed by atoms with van der Waals surface area (Å²) in [6.07, 6.45) is 4.42. The molecule has 7 nitrogen and oxygen atoms in total. The molecule has 1 aromatic rings. The molecule has 2 amide bonds. The van der Waals surface area contributed by atoms with Crippen molar-refractivity contribution >= 4 is 17.5 Å². The number of carbonyl (C=O) groups excluding carboxylic acids is 2. The Kier molecular flexibility index (Phi) is 5.43. The summed E-state index contributed by atoms with van der Waals surface area (Å²) < 4.78 is 10.4. The number of hydrogen-bond donors (Lipinski definition) is 3. The van der Waals surface area contributed by atoms with Crippen molar-refractivity contribution in [2.45, 2.75) is 50.2 Å². The fourth-order valence-electron chi connectivity index (χ4n) is 3.57. The van der Waals surface area contributed by atoms with Crippen molar-refractivity contribution < 1.29 is 19.1 Å². The zero-order chi connectivity index (χ0) is 17.8. The molecule has 2 fully saturated rings. The van der Waals surface area contributed by atoms with Crippen molar-refractivity contribution in [2.24, 2.45) is 0 Å². The second kappa shape index (κ2) is 7.74. The van der Waals surface area contributed by atoms with Gasteiger partial charge in [0.25, 0.3) is 0 Å². The Morgan fingerprint density at radius 3 is 2.68 bits per heavy atom. The number of fused-ring (bicyclic) bond motifs is 1. The average Bonchev–Trinajstić information content (AvgIpc) is 2.62. The Hall–Kier alpha value is -2.28. The quantitative estimate of drug-likeness (QED) is 0.750. The fraction of sp³-hybridized carbons (Fsp3) is 0.556. The highest BCUT2D eigenvalue weighted by Gasteiger charge is 2.37. The van der Waals surface area contributed by atoms with E-state index >= 15 is 0 Å². The molecule has 1 saturated carbocycles. The van der Waals surface area contributed by atoms with E-state index in [1.807, 2.05) is 0 Å². The number of benzene rings is 1. The summed E-state index contributed by atoms with van der Waals surface area (Å²) in [7, 11) is 3.10. The molecule has 7 heteroatoms. The van der Waals surface area contributed by atoms with E-state index in [0.717, 1.165) is 25.7 Å². The largest absolute Gasteiger partial charge is 0.497 e. The summed E-state index contributed by atoms with van der Waals surface area (Å²) in [5.41, 5.74) is 0.526. The summed E-state index contributed by atoms with van der Waals surface area (Å²) in [4.78, 5) is 24.7. The molecule has 1 aromatic carbocycles.